The summed E-state index contributed by atoms with van der Waals surface area (Å²) in [6, 6.07) is 2.31. The van der Waals surface area contributed by atoms with Gasteiger partial charge in [-0.3, -0.25) is 5.10 Å². The number of fused-ring (bicyclic) bond motifs is 1. The first-order valence-electron chi connectivity index (χ1n) is 11.8. The van der Waals surface area contributed by atoms with Crippen LogP contribution in [-0.2, 0) is 6.42 Å². The molecule has 1 aliphatic rings. The molecule has 5 rings (SSSR count). The van der Waals surface area contributed by atoms with Crippen molar-refractivity contribution in [2.75, 3.05) is 13.1 Å². The minimum Gasteiger partial charge on any atom is -0.301 e. The predicted octanol–water partition coefficient (Wildman–Crippen LogP) is 5.55. The molecule has 0 unspecified atom stereocenters. The molecule has 0 spiro atoms. The third kappa shape index (κ3) is 4.71. The lowest BCUT2D eigenvalue weighted by Gasteiger charge is -2.34. The van der Waals surface area contributed by atoms with Gasteiger partial charge in [0.15, 0.2) is 5.65 Å². The molecule has 0 amide bonds. The Balaban J connectivity index is 1.53. The van der Waals surface area contributed by atoms with Gasteiger partial charge in [-0.15, -0.1) is 11.3 Å². The van der Waals surface area contributed by atoms with E-state index in [1.807, 2.05) is 13.8 Å². The van der Waals surface area contributed by atoms with E-state index in [9.17, 15) is 13.2 Å². The topological polar surface area (TPSA) is 75.0 Å². The smallest absolute Gasteiger partial charge is 0.301 e. The summed E-state index contributed by atoms with van der Waals surface area (Å²) in [6.07, 6.45) is -0.342. The summed E-state index contributed by atoms with van der Waals surface area (Å²) in [5.74, 6) is 0.377. The molecule has 186 valence electrons. The van der Waals surface area contributed by atoms with Crippen LogP contribution < -0.4 is 0 Å². The number of nitrogens with zero attached hydrogens (tertiary/aromatic N) is 6. The molecule has 0 aliphatic carbocycles. The van der Waals surface area contributed by atoms with Crippen molar-refractivity contribution in [1.82, 2.24) is 34.7 Å². The van der Waals surface area contributed by atoms with Crippen LogP contribution in [0, 0.1) is 13.8 Å². The number of likely N-dealkylation sites (tertiary alicyclic amines) is 1. The standard InChI is InChI=1S/C24H28F3N7S/c1-13(2)33-7-5-16(6-8-33)21-15(4)30-23(35-21)20-18(10-24(25,26)27)19(31-32-20)17-9-14(3)22-28-12-29-34(22)11-17/h9,11-13,16H,5-8,10H2,1-4H3,(H,31,32). The number of pyridine rings is 1. The van der Waals surface area contributed by atoms with Gasteiger partial charge in [0.2, 0.25) is 0 Å². The van der Waals surface area contributed by atoms with E-state index in [2.05, 4.69) is 39.0 Å². The number of hydrogen-bond acceptors (Lipinski definition) is 6. The summed E-state index contributed by atoms with van der Waals surface area (Å²) in [6.45, 7) is 10.3. The molecule has 7 nitrogen and oxygen atoms in total. The highest BCUT2D eigenvalue weighted by Crippen LogP contribution is 2.41. The lowest BCUT2D eigenvalue weighted by Crippen LogP contribution is -2.37. The number of halogens is 3. The van der Waals surface area contributed by atoms with E-state index in [0.717, 1.165) is 42.1 Å². The number of aryl methyl sites for hydroxylation is 2. The van der Waals surface area contributed by atoms with Gasteiger partial charge in [-0.1, -0.05) is 0 Å². The van der Waals surface area contributed by atoms with Crippen LogP contribution >= 0.6 is 11.3 Å². The first-order chi connectivity index (χ1) is 16.6. The molecule has 0 aromatic carbocycles. The Morgan fingerprint density at radius 1 is 1.20 bits per heavy atom. The number of alkyl halides is 3. The summed E-state index contributed by atoms with van der Waals surface area (Å²) in [4.78, 5) is 12.5. The summed E-state index contributed by atoms with van der Waals surface area (Å²) in [5.41, 5.74) is 3.61. The highest BCUT2D eigenvalue weighted by atomic mass is 32.1. The van der Waals surface area contributed by atoms with Gasteiger partial charge in [-0.25, -0.2) is 14.5 Å². The van der Waals surface area contributed by atoms with Crippen LogP contribution in [0.5, 0.6) is 0 Å². The van der Waals surface area contributed by atoms with Crippen LogP contribution in [0.1, 0.15) is 54.3 Å². The minimum atomic E-state index is -4.39. The first kappa shape index (κ1) is 23.9. The number of hydrogen-bond donors (Lipinski definition) is 1. The van der Waals surface area contributed by atoms with E-state index in [1.165, 1.54) is 17.7 Å². The molecular formula is C24H28F3N7S. The average molecular weight is 504 g/mol. The lowest BCUT2D eigenvalue weighted by atomic mass is 9.94. The number of rotatable bonds is 5. The average Bonchev–Trinajstić information content (AvgIpc) is 3.51. The Morgan fingerprint density at radius 3 is 2.63 bits per heavy atom. The number of H-pyrrole nitrogens is 1. The van der Waals surface area contributed by atoms with Crippen LogP contribution in [0.15, 0.2) is 18.6 Å². The molecule has 5 heterocycles. The van der Waals surface area contributed by atoms with Gasteiger partial charge >= 0.3 is 6.18 Å². The molecule has 4 aromatic heterocycles. The highest BCUT2D eigenvalue weighted by Gasteiger charge is 2.34. The van der Waals surface area contributed by atoms with E-state index in [1.54, 1.807) is 16.8 Å². The van der Waals surface area contributed by atoms with Gasteiger partial charge in [0.1, 0.15) is 11.3 Å². The largest absolute Gasteiger partial charge is 0.393 e. The Hall–Kier alpha value is -2.79. The normalized spacial score (nSPS) is 16.1. The number of aromatic amines is 1. The van der Waals surface area contributed by atoms with Gasteiger partial charge in [0.05, 0.1) is 23.5 Å². The zero-order valence-corrected chi connectivity index (χ0v) is 21.0. The predicted molar refractivity (Wildman–Crippen MR) is 130 cm³/mol. The molecule has 0 bridgehead atoms. The van der Waals surface area contributed by atoms with Crippen molar-refractivity contribution >= 4 is 17.0 Å². The molecule has 1 fully saturated rings. The van der Waals surface area contributed by atoms with Crippen molar-refractivity contribution in [3.05, 3.63) is 40.3 Å². The molecule has 0 atom stereocenters. The second kappa shape index (κ2) is 9.02. The van der Waals surface area contributed by atoms with Gasteiger partial charge in [-0.05, 0) is 71.2 Å². The Labute approximate surface area is 205 Å². The molecule has 0 saturated carbocycles. The maximum Gasteiger partial charge on any atom is 0.393 e. The first-order valence-corrected chi connectivity index (χ1v) is 12.6. The number of thiazole rings is 1. The van der Waals surface area contributed by atoms with Crippen molar-refractivity contribution in [3.63, 3.8) is 0 Å². The van der Waals surface area contributed by atoms with Crippen LogP contribution in [0.25, 0.3) is 27.6 Å². The Morgan fingerprint density at radius 2 is 1.94 bits per heavy atom. The molecule has 4 aromatic rings. The third-order valence-electron chi connectivity index (χ3n) is 6.75. The minimum absolute atomic E-state index is 0.103. The van der Waals surface area contributed by atoms with E-state index >= 15 is 0 Å². The fourth-order valence-electron chi connectivity index (χ4n) is 4.95. The number of aromatic nitrogens is 6. The highest BCUT2D eigenvalue weighted by molar-refractivity contribution is 7.15. The second-order valence-corrected chi connectivity index (χ2v) is 10.6. The quantitative estimate of drug-likeness (QED) is 0.386. The number of piperidine rings is 1. The van der Waals surface area contributed by atoms with E-state index in [4.69, 9.17) is 4.98 Å². The van der Waals surface area contributed by atoms with Gasteiger partial charge in [0, 0.05) is 28.2 Å². The molecule has 35 heavy (non-hydrogen) atoms. The summed E-state index contributed by atoms with van der Waals surface area (Å²) in [7, 11) is 0. The van der Waals surface area contributed by atoms with E-state index in [-0.39, 0.29) is 11.3 Å². The van der Waals surface area contributed by atoms with Gasteiger partial charge < -0.3 is 4.90 Å². The maximum atomic E-state index is 13.7. The SMILES string of the molecule is Cc1nc(-c2[nH]nc(-c3cc(C)c4ncnn4c3)c2CC(F)(F)F)sc1C1CCN(C(C)C)CC1. The summed E-state index contributed by atoms with van der Waals surface area (Å²) in [5, 5.41) is 11.9. The fourth-order valence-corrected chi connectivity index (χ4v) is 6.21. The molecule has 0 radical (unpaired) electrons. The van der Waals surface area contributed by atoms with Crippen LogP contribution in [0.3, 0.4) is 0 Å². The van der Waals surface area contributed by atoms with Crippen LogP contribution in [0.2, 0.25) is 0 Å². The lowest BCUT2D eigenvalue weighted by molar-refractivity contribution is -0.127. The molecule has 11 heteroatoms. The van der Waals surface area contributed by atoms with Crippen molar-refractivity contribution in [3.8, 4) is 22.0 Å². The van der Waals surface area contributed by atoms with E-state index < -0.39 is 12.6 Å². The van der Waals surface area contributed by atoms with Crippen LogP contribution in [-0.4, -0.2) is 60.0 Å². The van der Waals surface area contributed by atoms with Crippen molar-refractivity contribution in [1.29, 1.82) is 0 Å². The molecule has 1 saturated heterocycles. The zero-order valence-electron chi connectivity index (χ0n) is 20.1. The zero-order chi connectivity index (χ0) is 24.9. The third-order valence-corrected chi connectivity index (χ3v) is 8.09. The summed E-state index contributed by atoms with van der Waals surface area (Å²) < 4.78 is 42.6. The van der Waals surface area contributed by atoms with E-state index in [0.29, 0.717) is 33.9 Å². The Kier molecular flexibility index (Phi) is 6.16. The molecular weight excluding hydrogens is 475 g/mol. The van der Waals surface area contributed by atoms with Crippen molar-refractivity contribution < 1.29 is 13.2 Å². The monoisotopic (exact) mass is 503 g/mol. The van der Waals surface area contributed by atoms with Crippen LogP contribution in [0.4, 0.5) is 13.2 Å². The number of nitrogens with one attached hydrogen (secondary N) is 1. The maximum absolute atomic E-state index is 13.7. The summed E-state index contributed by atoms with van der Waals surface area (Å²) >= 11 is 1.49. The molecule has 1 aliphatic heterocycles. The van der Waals surface area contributed by atoms with Crippen molar-refractivity contribution in [2.45, 2.75) is 65.1 Å². The molecule has 1 N–H and O–H groups in total. The van der Waals surface area contributed by atoms with Gasteiger partial charge in [-0.2, -0.15) is 23.4 Å². The Bertz CT molecular complexity index is 1340. The second-order valence-electron chi connectivity index (χ2n) is 9.53. The fraction of sp³-hybridized carbons (Fsp3) is 0.500. The van der Waals surface area contributed by atoms with Crippen molar-refractivity contribution in [2.24, 2.45) is 0 Å². The van der Waals surface area contributed by atoms with Gasteiger partial charge in [0.25, 0.3) is 0 Å².